The molecule has 4 nitrogen and oxygen atoms in total. The van der Waals surface area contributed by atoms with Gasteiger partial charge in [-0.2, -0.15) is 0 Å². The highest BCUT2D eigenvalue weighted by Crippen LogP contribution is 2.36. The lowest BCUT2D eigenvalue weighted by atomic mass is 10.0. The van der Waals surface area contributed by atoms with Crippen molar-refractivity contribution in [2.24, 2.45) is 0 Å². The van der Waals surface area contributed by atoms with Crippen molar-refractivity contribution in [1.82, 2.24) is 0 Å². The molecular weight excluding hydrogens is 360 g/mol. The lowest BCUT2D eigenvalue weighted by Crippen LogP contribution is -2.07. The Bertz CT molecular complexity index is 640. The fourth-order valence-electron chi connectivity index (χ4n) is 3.60. The van der Waals surface area contributed by atoms with Gasteiger partial charge in [-0.15, -0.1) is 8.42 Å². The molecule has 1 aromatic carbocycles. The monoisotopic (exact) mass is 396 g/mol. The number of hydrogen-bond acceptors (Lipinski definition) is 4. The maximum Gasteiger partial charge on any atom is 0.501 e. The smallest absolute Gasteiger partial charge is 0.349 e. The number of benzene rings is 1. The Morgan fingerprint density at radius 2 is 1.15 bits per heavy atom. The first-order valence-corrected chi connectivity index (χ1v) is 12.2. The first-order chi connectivity index (χ1) is 13.1. The SMILES string of the molecule is CCCCCCCCCCCCCCCCc1ccc2c(c1)OS(=O)(=O)O2. The van der Waals surface area contributed by atoms with Crippen molar-refractivity contribution in [2.45, 2.75) is 103 Å². The zero-order chi connectivity index (χ0) is 19.4. The Morgan fingerprint density at radius 3 is 1.70 bits per heavy atom. The molecule has 0 bridgehead atoms. The highest BCUT2D eigenvalue weighted by atomic mass is 32.3. The third kappa shape index (κ3) is 9.00. The van der Waals surface area contributed by atoms with Crippen molar-refractivity contribution < 1.29 is 16.8 Å². The van der Waals surface area contributed by atoms with Gasteiger partial charge in [0.1, 0.15) is 0 Å². The zero-order valence-electron chi connectivity index (χ0n) is 16.9. The molecule has 0 N–H and O–H groups in total. The second kappa shape index (κ2) is 12.3. The average molecular weight is 397 g/mol. The van der Waals surface area contributed by atoms with Crippen LogP contribution < -0.4 is 8.37 Å². The summed E-state index contributed by atoms with van der Waals surface area (Å²) >= 11 is 0. The van der Waals surface area contributed by atoms with Gasteiger partial charge in [-0.05, 0) is 30.5 Å². The maximum atomic E-state index is 11.3. The number of hydrogen-bond donors (Lipinski definition) is 0. The van der Waals surface area contributed by atoms with Gasteiger partial charge < -0.3 is 8.37 Å². The van der Waals surface area contributed by atoms with Crippen LogP contribution in [0.15, 0.2) is 18.2 Å². The van der Waals surface area contributed by atoms with Crippen LogP contribution in [-0.2, 0) is 16.8 Å². The predicted octanol–water partition coefficient (Wildman–Crippen LogP) is 6.73. The summed E-state index contributed by atoms with van der Waals surface area (Å²) in [6.45, 7) is 2.27. The second-order valence-electron chi connectivity index (χ2n) is 7.70. The highest BCUT2D eigenvalue weighted by Gasteiger charge is 2.28. The Balaban J connectivity index is 1.41. The van der Waals surface area contributed by atoms with Crippen molar-refractivity contribution in [3.8, 4) is 11.5 Å². The van der Waals surface area contributed by atoms with Crippen LogP contribution in [0.3, 0.4) is 0 Å². The zero-order valence-corrected chi connectivity index (χ0v) is 17.7. The summed E-state index contributed by atoms with van der Waals surface area (Å²) in [5.74, 6) is 0.609. The molecule has 2 rings (SSSR count). The van der Waals surface area contributed by atoms with Gasteiger partial charge in [0.15, 0.2) is 11.5 Å². The summed E-state index contributed by atoms with van der Waals surface area (Å²) < 4.78 is 32.0. The molecule has 1 aliphatic rings. The van der Waals surface area contributed by atoms with Gasteiger partial charge in [0, 0.05) is 0 Å². The van der Waals surface area contributed by atoms with Crippen LogP contribution in [0.1, 0.15) is 102 Å². The summed E-state index contributed by atoms with van der Waals surface area (Å²) in [5, 5.41) is 0. The first-order valence-electron chi connectivity index (χ1n) is 10.9. The van der Waals surface area contributed by atoms with E-state index in [1.807, 2.05) is 6.07 Å². The van der Waals surface area contributed by atoms with E-state index in [1.165, 1.54) is 83.5 Å². The lowest BCUT2D eigenvalue weighted by molar-refractivity contribution is 0.436. The standard InChI is InChI=1S/C22H36O4S/c1-2-3-4-5-6-7-8-9-10-11-12-13-14-15-16-20-17-18-21-22(19-20)26-27(23,24)25-21/h17-19H,2-16H2,1H3. The van der Waals surface area contributed by atoms with Crippen LogP contribution in [0.4, 0.5) is 0 Å². The molecule has 5 heteroatoms. The van der Waals surface area contributed by atoms with Gasteiger partial charge in [0.2, 0.25) is 0 Å². The van der Waals surface area contributed by atoms with Gasteiger partial charge in [-0.25, -0.2) is 0 Å². The number of fused-ring (bicyclic) bond motifs is 1. The topological polar surface area (TPSA) is 52.6 Å². The second-order valence-corrected chi connectivity index (χ2v) is 8.85. The molecule has 0 radical (unpaired) electrons. The van der Waals surface area contributed by atoms with Crippen LogP contribution >= 0.6 is 0 Å². The summed E-state index contributed by atoms with van der Waals surface area (Å²) in [7, 11) is -3.87. The fourth-order valence-corrected chi connectivity index (χ4v) is 4.34. The van der Waals surface area contributed by atoms with E-state index in [1.54, 1.807) is 12.1 Å². The van der Waals surface area contributed by atoms with Gasteiger partial charge in [0.05, 0.1) is 0 Å². The summed E-state index contributed by atoms with van der Waals surface area (Å²) in [4.78, 5) is 0. The van der Waals surface area contributed by atoms with Crippen molar-refractivity contribution in [1.29, 1.82) is 0 Å². The van der Waals surface area contributed by atoms with Gasteiger partial charge in [0.25, 0.3) is 0 Å². The van der Waals surface area contributed by atoms with E-state index in [0.29, 0.717) is 11.5 Å². The maximum absolute atomic E-state index is 11.3. The number of aryl methyl sites for hydroxylation is 1. The fraction of sp³-hybridized carbons (Fsp3) is 0.727. The van der Waals surface area contributed by atoms with Gasteiger partial charge in [-0.3, -0.25) is 0 Å². The minimum atomic E-state index is -3.87. The molecule has 1 heterocycles. The molecule has 154 valence electrons. The third-order valence-electron chi connectivity index (χ3n) is 5.21. The van der Waals surface area contributed by atoms with Crippen molar-refractivity contribution in [3.63, 3.8) is 0 Å². The molecule has 0 unspecified atom stereocenters. The predicted molar refractivity (Wildman–Crippen MR) is 111 cm³/mol. The quantitative estimate of drug-likeness (QED) is 0.309. The molecule has 0 spiro atoms. The average Bonchev–Trinajstić information content (AvgIpc) is 2.95. The molecule has 1 aliphatic heterocycles. The van der Waals surface area contributed by atoms with Crippen LogP contribution in [0.5, 0.6) is 11.5 Å². The van der Waals surface area contributed by atoms with E-state index in [0.717, 1.165) is 18.4 Å². The van der Waals surface area contributed by atoms with Crippen LogP contribution in [0.25, 0.3) is 0 Å². The molecular formula is C22H36O4S. The summed E-state index contributed by atoms with van der Waals surface area (Å²) in [5.41, 5.74) is 1.10. The first kappa shape index (κ1) is 22.1. The molecule has 1 aromatic rings. The van der Waals surface area contributed by atoms with Crippen molar-refractivity contribution >= 4 is 10.4 Å². The Hall–Kier alpha value is -1.23. The van der Waals surface area contributed by atoms with Gasteiger partial charge in [-0.1, -0.05) is 96.5 Å². The molecule has 0 aliphatic carbocycles. The van der Waals surface area contributed by atoms with Crippen LogP contribution in [-0.4, -0.2) is 8.42 Å². The lowest BCUT2D eigenvalue weighted by Gasteiger charge is -2.04. The van der Waals surface area contributed by atoms with E-state index in [2.05, 4.69) is 6.92 Å². The van der Waals surface area contributed by atoms with Crippen molar-refractivity contribution in [3.05, 3.63) is 23.8 Å². The van der Waals surface area contributed by atoms with E-state index in [9.17, 15) is 8.42 Å². The molecule has 0 saturated carbocycles. The Labute approximate surface area is 166 Å². The molecule has 27 heavy (non-hydrogen) atoms. The van der Waals surface area contributed by atoms with Crippen LogP contribution in [0.2, 0.25) is 0 Å². The molecule has 0 fully saturated rings. The minimum absolute atomic E-state index is 0.291. The minimum Gasteiger partial charge on any atom is -0.349 e. The normalized spacial score (nSPS) is 14.6. The Morgan fingerprint density at radius 1 is 0.667 bits per heavy atom. The molecule has 0 saturated heterocycles. The number of rotatable bonds is 15. The van der Waals surface area contributed by atoms with E-state index >= 15 is 0 Å². The number of unbranched alkanes of at least 4 members (excludes halogenated alkanes) is 13. The molecule has 0 amide bonds. The van der Waals surface area contributed by atoms with E-state index in [4.69, 9.17) is 8.37 Å². The largest absolute Gasteiger partial charge is 0.501 e. The van der Waals surface area contributed by atoms with E-state index in [-0.39, 0.29) is 0 Å². The third-order valence-corrected chi connectivity index (χ3v) is 5.98. The van der Waals surface area contributed by atoms with E-state index < -0.39 is 10.4 Å². The summed E-state index contributed by atoms with van der Waals surface area (Å²) in [6, 6.07) is 5.38. The Kier molecular flexibility index (Phi) is 10.0. The van der Waals surface area contributed by atoms with Crippen LogP contribution in [0, 0.1) is 0 Å². The van der Waals surface area contributed by atoms with Gasteiger partial charge >= 0.3 is 10.4 Å². The highest BCUT2D eigenvalue weighted by molar-refractivity contribution is 7.82. The molecule has 0 aromatic heterocycles. The molecule has 0 atom stereocenters. The van der Waals surface area contributed by atoms with Crippen molar-refractivity contribution in [2.75, 3.05) is 0 Å². The summed E-state index contributed by atoms with van der Waals surface area (Å²) in [6.07, 6.45) is 19.9.